The van der Waals surface area contributed by atoms with Crippen molar-refractivity contribution in [3.8, 4) is 0 Å². The van der Waals surface area contributed by atoms with E-state index in [9.17, 15) is 5.11 Å². The summed E-state index contributed by atoms with van der Waals surface area (Å²) in [5.41, 5.74) is 6.47. The Morgan fingerprint density at radius 1 is 1.16 bits per heavy atom. The molecule has 0 bridgehead atoms. The molecule has 1 aliphatic heterocycles. The summed E-state index contributed by atoms with van der Waals surface area (Å²) < 4.78 is 8.30. The van der Waals surface area contributed by atoms with Crippen molar-refractivity contribution in [3.05, 3.63) is 65.5 Å². The summed E-state index contributed by atoms with van der Waals surface area (Å²) in [5, 5.41) is 10.6. The van der Waals surface area contributed by atoms with Crippen LogP contribution >= 0.6 is 0 Å². The number of hydrogen-bond donors (Lipinski definition) is 1. The molecule has 0 amide bonds. The van der Waals surface area contributed by atoms with E-state index < -0.39 is 6.10 Å². The minimum atomic E-state index is -0.434. The molecule has 2 aromatic carbocycles. The number of imidazole rings is 1. The number of nitrogens with zero attached hydrogens (tertiary/aromatic N) is 3. The maximum Gasteiger partial charge on any atom is 0.0955 e. The predicted octanol–water partition coefficient (Wildman–Crippen LogP) is 4.04. The van der Waals surface area contributed by atoms with Crippen LogP contribution in [0.15, 0.2) is 48.8 Å². The Balaban J connectivity index is 1.13. The Bertz CT molecular complexity index is 1030. The van der Waals surface area contributed by atoms with E-state index in [0.717, 1.165) is 37.9 Å². The van der Waals surface area contributed by atoms with Gasteiger partial charge in [0, 0.05) is 26.7 Å². The SMILES string of the molecule is Cn1cnc2ccc(C3CCCC(OCC(O)CN4CCc5ccccc5C4)C3)cc21. The first-order chi connectivity index (χ1) is 15.2. The number of aromatic nitrogens is 2. The van der Waals surface area contributed by atoms with Gasteiger partial charge < -0.3 is 14.4 Å². The first-order valence-electron chi connectivity index (χ1n) is 11.7. The number of aliphatic hydroxyl groups is 1. The van der Waals surface area contributed by atoms with Crippen molar-refractivity contribution in [2.75, 3.05) is 19.7 Å². The third kappa shape index (κ3) is 4.69. The summed E-state index contributed by atoms with van der Waals surface area (Å²) in [6.07, 6.45) is 7.26. The summed E-state index contributed by atoms with van der Waals surface area (Å²) in [5.74, 6) is 0.522. The highest BCUT2D eigenvalue weighted by Crippen LogP contribution is 2.35. The first kappa shape index (κ1) is 20.7. The van der Waals surface area contributed by atoms with Gasteiger partial charge in [-0.1, -0.05) is 36.8 Å². The average molecular weight is 420 g/mol. The van der Waals surface area contributed by atoms with Crippen molar-refractivity contribution in [2.45, 2.75) is 56.8 Å². The predicted molar refractivity (Wildman–Crippen MR) is 123 cm³/mol. The highest BCUT2D eigenvalue weighted by molar-refractivity contribution is 5.76. The minimum Gasteiger partial charge on any atom is -0.389 e. The summed E-state index contributed by atoms with van der Waals surface area (Å²) >= 11 is 0. The Morgan fingerprint density at radius 3 is 2.94 bits per heavy atom. The second-order valence-corrected chi connectivity index (χ2v) is 9.33. The van der Waals surface area contributed by atoms with E-state index in [1.165, 1.54) is 35.0 Å². The Morgan fingerprint density at radius 2 is 2.03 bits per heavy atom. The molecule has 1 aliphatic carbocycles. The van der Waals surface area contributed by atoms with Crippen LogP contribution in [-0.2, 0) is 24.8 Å². The van der Waals surface area contributed by atoms with E-state index in [2.05, 4.69) is 56.9 Å². The minimum absolute atomic E-state index is 0.234. The number of β-amino-alcohol motifs (C(OH)–C–C–N with tert-alkyl or cyclic N) is 1. The zero-order valence-electron chi connectivity index (χ0n) is 18.4. The summed E-state index contributed by atoms with van der Waals surface area (Å²) in [6.45, 7) is 3.04. The van der Waals surface area contributed by atoms with Crippen LogP contribution in [0.25, 0.3) is 11.0 Å². The van der Waals surface area contributed by atoms with Gasteiger partial charge in [-0.2, -0.15) is 0 Å². The lowest BCUT2D eigenvalue weighted by Gasteiger charge is -2.32. The largest absolute Gasteiger partial charge is 0.389 e. The molecular weight excluding hydrogens is 386 g/mol. The van der Waals surface area contributed by atoms with Crippen molar-refractivity contribution >= 4 is 11.0 Å². The number of fused-ring (bicyclic) bond motifs is 2. The van der Waals surface area contributed by atoms with Crippen LogP contribution < -0.4 is 0 Å². The van der Waals surface area contributed by atoms with Crippen LogP contribution in [0.2, 0.25) is 0 Å². The lowest BCUT2D eigenvalue weighted by Crippen LogP contribution is -2.39. The van der Waals surface area contributed by atoms with Crippen molar-refractivity contribution in [1.82, 2.24) is 14.5 Å². The third-order valence-electron chi connectivity index (χ3n) is 7.05. The molecule has 5 nitrogen and oxygen atoms in total. The first-order valence-corrected chi connectivity index (χ1v) is 11.7. The molecule has 3 atom stereocenters. The number of aryl methyl sites for hydroxylation is 1. The van der Waals surface area contributed by atoms with Crippen molar-refractivity contribution < 1.29 is 9.84 Å². The quantitative estimate of drug-likeness (QED) is 0.655. The molecule has 3 unspecified atom stereocenters. The molecule has 3 aromatic rings. The van der Waals surface area contributed by atoms with Gasteiger partial charge in [-0.25, -0.2) is 4.98 Å². The maximum absolute atomic E-state index is 10.6. The zero-order valence-corrected chi connectivity index (χ0v) is 18.4. The van der Waals surface area contributed by atoms with Gasteiger partial charge >= 0.3 is 0 Å². The Labute approximate surface area is 184 Å². The van der Waals surface area contributed by atoms with E-state index >= 15 is 0 Å². The van der Waals surface area contributed by atoms with Gasteiger partial charge in [-0.05, 0) is 60.4 Å². The van der Waals surface area contributed by atoms with Crippen molar-refractivity contribution in [1.29, 1.82) is 0 Å². The van der Waals surface area contributed by atoms with Gasteiger partial charge in [0.15, 0.2) is 0 Å². The lowest BCUT2D eigenvalue weighted by molar-refractivity contribution is -0.0372. The van der Waals surface area contributed by atoms with Crippen LogP contribution in [0.5, 0.6) is 0 Å². The number of aliphatic hydroxyl groups excluding tert-OH is 1. The molecule has 0 saturated heterocycles. The van der Waals surface area contributed by atoms with Crippen LogP contribution in [-0.4, -0.2) is 51.5 Å². The standard InChI is InChI=1S/C26H33N3O2/c1-28-18-27-25-10-9-21(14-26(25)28)20-7-4-8-24(13-20)31-17-23(30)16-29-12-11-19-5-2-3-6-22(19)15-29/h2-3,5-6,9-10,14,18,20,23-24,30H,4,7-8,11-13,15-17H2,1H3. The van der Waals surface area contributed by atoms with Crippen LogP contribution in [0.1, 0.15) is 48.3 Å². The van der Waals surface area contributed by atoms with E-state index in [1.807, 2.05) is 13.4 Å². The molecule has 164 valence electrons. The molecule has 31 heavy (non-hydrogen) atoms. The number of ether oxygens (including phenoxy) is 1. The molecule has 1 aromatic heterocycles. The highest BCUT2D eigenvalue weighted by atomic mass is 16.5. The van der Waals surface area contributed by atoms with E-state index in [0.29, 0.717) is 19.1 Å². The van der Waals surface area contributed by atoms with Crippen LogP contribution in [0.4, 0.5) is 0 Å². The Kier molecular flexibility index (Phi) is 6.08. The fraction of sp³-hybridized carbons (Fsp3) is 0.500. The molecule has 5 heteroatoms. The Hall–Kier alpha value is -2.21. The van der Waals surface area contributed by atoms with Crippen molar-refractivity contribution in [2.24, 2.45) is 7.05 Å². The fourth-order valence-corrected chi connectivity index (χ4v) is 5.30. The number of benzene rings is 2. The number of rotatable bonds is 6. The molecule has 0 radical (unpaired) electrons. The normalized spacial score (nSPS) is 23.0. The maximum atomic E-state index is 10.6. The summed E-state index contributed by atoms with van der Waals surface area (Å²) in [7, 11) is 2.05. The monoisotopic (exact) mass is 419 g/mol. The van der Waals surface area contributed by atoms with Gasteiger partial charge in [-0.3, -0.25) is 4.90 Å². The molecular formula is C26H33N3O2. The van der Waals surface area contributed by atoms with Crippen LogP contribution in [0, 0.1) is 0 Å². The van der Waals surface area contributed by atoms with E-state index in [-0.39, 0.29) is 6.10 Å². The van der Waals surface area contributed by atoms with Gasteiger partial charge in [0.25, 0.3) is 0 Å². The molecule has 1 saturated carbocycles. The molecule has 5 rings (SSSR count). The van der Waals surface area contributed by atoms with Crippen LogP contribution in [0.3, 0.4) is 0 Å². The topological polar surface area (TPSA) is 50.5 Å². The van der Waals surface area contributed by atoms with E-state index in [1.54, 1.807) is 0 Å². The third-order valence-corrected chi connectivity index (χ3v) is 7.05. The fourth-order valence-electron chi connectivity index (χ4n) is 5.30. The summed E-state index contributed by atoms with van der Waals surface area (Å²) in [6, 6.07) is 15.3. The van der Waals surface area contributed by atoms with Gasteiger partial charge in [0.2, 0.25) is 0 Å². The molecule has 1 fully saturated rings. The van der Waals surface area contributed by atoms with E-state index in [4.69, 9.17) is 4.74 Å². The molecule has 2 aliphatic rings. The van der Waals surface area contributed by atoms with Gasteiger partial charge in [-0.15, -0.1) is 0 Å². The molecule has 2 heterocycles. The van der Waals surface area contributed by atoms with Gasteiger partial charge in [0.05, 0.1) is 36.2 Å². The van der Waals surface area contributed by atoms with Crippen molar-refractivity contribution in [3.63, 3.8) is 0 Å². The molecule has 0 spiro atoms. The second kappa shape index (κ2) is 9.11. The van der Waals surface area contributed by atoms with Gasteiger partial charge in [0.1, 0.15) is 0 Å². The average Bonchev–Trinajstić information content (AvgIpc) is 3.18. The second-order valence-electron chi connectivity index (χ2n) is 9.33. The lowest BCUT2D eigenvalue weighted by atomic mass is 9.82. The summed E-state index contributed by atoms with van der Waals surface area (Å²) in [4.78, 5) is 6.79. The highest BCUT2D eigenvalue weighted by Gasteiger charge is 2.25. The molecule has 1 N–H and O–H groups in total. The smallest absolute Gasteiger partial charge is 0.0955 e. The number of hydrogen-bond acceptors (Lipinski definition) is 4. The zero-order chi connectivity index (χ0) is 21.2.